The number of carbonyl (C=O) groups is 1. The highest BCUT2D eigenvalue weighted by atomic mass is 16.7. The molecule has 0 saturated carbocycles. The molecule has 0 radical (unpaired) electrons. The van der Waals surface area contributed by atoms with Crippen molar-refractivity contribution in [3.05, 3.63) is 35.9 Å². The van der Waals surface area contributed by atoms with Crippen molar-refractivity contribution >= 4 is 5.97 Å². The molecule has 7 heteroatoms. The minimum Gasteiger partial charge on any atom is -0.469 e. The van der Waals surface area contributed by atoms with Gasteiger partial charge >= 0.3 is 5.97 Å². The average molecular weight is 339 g/mol. The van der Waals surface area contributed by atoms with E-state index < -0.39 is 24.5 Å². The quantitative estimate of drug-likeness (QED) is 0.572. The van der Waals surface area contributed by atoms with Gasteiger partial charge < -0.3 is 24.5 Å². The van der Waals surface area contributed by atoms with Crippen molar-refractivity contribution in [3.63, 3.8) is 0 Å². The standard InChI is InChI=1S/C17H25NO6/c1-12-23-11-15(19)17(24-12)14(8-9-16(20)22-2)18(21)10-13-6-4-3-5-7-13/h3-7,12,14-15,17,19,21H,8-11H2,1-2H3/t12-,14+,15+,17+/m0/s1. The highest BCUT2D eigenvalue weighted by Gasteiger charge is 2.38. The molecule has 0 amide bonds. The number of carbonyl (C=O) groups excluding carboxylic acids is 1. The SMILES string of the molecule is COC(=O)CC[C@H]([C@H]1O[C@@H](C)OC[C@H]1O)N(O)Cc1ccccc1. The Morgan fingerprint density at radius 2 is 2.12 bits per heavy atom. The minimum atomic E-state index is -0.880. The maximum Gasteiger partial charge on any atom is 0.305 e. The van der Waals surface area contributed by atoms with Crippen LogP contribution in [0.2, 0.25) is 0 Å². The molecule has 0 aliphatic carbocycles. The second-order valence-electron chi connectivity index (χ2n) is 5.83. The average Bonchev–Trinajstić information content (AvgIpc) is 2.58. The third-order valence-corrected chi connectivity index (χ3v) is 4.05. The van der Waals surface area contributed by atoms with Gasteiger partial charge in [0.05, 0.1) is 19.8 Å². The van der Waals surface area contributed by atoms with Gasteiger partial charge in [-0.1, -0.05) is 30.3 Å². The fourth-order valence-corrected chi connectivity index (χ4v) is 2.77. The molecule has 2 rings (SSSR count). The molecular formula is C17H25NO6. The first kappa shape index (κ1) is 18.8. The molecule has 24 heavy (non-hydrogen) atoms. The number of hydroxylamine groups is 2. The van der Waals surface area contributed by atoms with Crippen molar-refractivity contribution in [1.82, 2.24) is 5.06 Å². The van der Waals surface area contributed by atoms with Crippen LogP contribution in [-0.4, -0.2) is 59.6 Å². The second kappa shape index (κ2) is 9.10. The highest BCUT2D eigenvalue weighted by molar-refractivity contribution is 5.69. The summed E-state index contributed by atoms with van der Waals surface area (Å²) in [7, 11) is 1.32. The number of methoxy groups -OCH3 is 1. The van der Waals surface area contributed by atoms with Gasteiger partial charge in [-0.15, -0.1) is 0 Å². The summed E-state index contributed by atoms with van der Waals surface area (Å²) in [5, 5.41) is 21.9. The van der Waals surface area contributed by atoms with Crippen molar-refractivity contribution in [2.24, 2.45) is 0 Å². The fraction of sp³-hybridized carbons (Fsp3) is 0.588. The van der Waals surface area contributed by atoms with Crippen LogP contribution in [0.25, 0.3) is 0 Å². The first-order chi connectivity index (χ1) is 11.5. The monoisotopic (exact) mass is 339 g/mol. The number of rotatable bonds is 7. The van der Waals surface area contributed by atoms with E-state index in [0.717, 1.165) is 10.6 Å². The summed E-state index contributed by atoms with van der Waals surface area (Å²) in [6.07, 6.45) is -1.61. The van der Waals surface area contributed by atoms with E-state index in [1.807, 2.05) is 30.3 Å². The maximum atomic E-state index is 11.5. The lowest BCUT2D eigenvalue weighted by Gasteiger charge is -2.40. The molecule has 0 unspecified atom stereocenters. The highest BCUT2D eigenvalue weighted by Crippen LogP contribution is 2.23. The zero-order chi connectivity index (χ0) is 17.5. The summed E-state index contributed by atoms with van der Waals surface area (Å²) in [5.41, 5.74) is 0.915. The van der Waals surface area contributed by atoms with Crippen LogP contribution >= 0.6 is 0 Å². The summed E-state index contributed by atoms with van der Waals surface area (Å²) in [6.45, 7) is 2.11. The molecule has 134 valence electrons. The summed E-state index contributed by atoms with van der Waals surface area (Å²) in [4.78, 5) is 11.5. The molecule has 1 aromatic rings. The molecule has 4 atom stereocenters. The van der Waals surface area contributed by atoms with Gasteiger partial charge in [-0.3, -0.25) is 4.79 Å². The first-order valence-electron chi connectivity index (χ1n) is 8.02. The summed E-state index contributed by atoms with van der Waals surface area (Å²) in [6, 6.07) is 8.89. The molecule has 1 fully saturated rings. The molecule has 1 heterocycles. The molecular weight excluding hydrogens is 314 g/mol. The third kappa shape index (κ3) is 5.25. The zero-order valence-electron chi connectivity index (χ0n) is 14.0. The molecule has 1 saturated heterocycles. The molecule has 1 aliphatic heterocycles. The van der Waals surface area contributed by atoms with Crippen molar-refractivity contribution in [3.8, 4) is 0 Å². The van der Waals surface area contributed by atoms with Gasteiger partial charge in [0.25, 0.3) is 0 Å². The largest absolute Gasteiger partial charge is 0.469 e. The predicted octanol–water partition coefficient (Wildman–Crippen LogP) is 1.32. The van der Waals surface area contributed by atoms with Crippen molar-refractivity contribution in [1.29, 1.82) is 0 Å². The summed E-state index contributed by atoms with van der Waals surface area (Å²) in [5.74, 6) is -0.372. The van der Waals surface area contributed by atoms with E-state index >= 15 is 0 Å². The number of hydrogen-bond acceptors (Lipinski definition) is 7. The van der Waals surface area contributed by atoms with Crippen LogP contribution in [0.3, 0.4) is 0 Å². The zero-order valence-corrected chi connectivity index (χ0v) is 14.0. The van der Waals surface area contributed by atoms with Gasteiger partial charge in [-0.05, 0) is 18.9 Å². The van der Waals surface area contributed by atoms with Gasteiger partial charge in [-0.2, -0.15) is 5.06 Å². The predicted molar refractivity (Wildman–Crippen MR) is 85.1 cm³/mol. The van der Waals surface area contributed by atoms with Gasteiger partial charge in [-0.25, -0.2) is 0 Å². The van der Waals surface area contributed by atoms with Crippen LogP contribution in [0.1, 0.15) is 25.3 Å². The lowest BCUT2D eigenvalue weighted by atomic mass is 9.99. The Labute approximate surface area is 141 Å². The van der Waals surface area contributed by atoms with Gasteiger partial charge in [0.15, 0.2) is 6.29 Å². The van der Waals surface area contributed by atoms with Crippen molar-refractivity contribution in [2.75, 3.05) is 13.7 Å². The Kier molecular flexibility index (Phi) is 7.14. The van der Waals surface area contributed by atoms with Crippen molar-refractivity contribution < 1.29 is 29.3 Å². The number of esters is 1. The van der Waals surface area contributed by atoms with Crippen LogP contribution < -0.4 is 0 Å². The van der Waals surface area contributed by atoms with E-state index in [1.165, 1.54) is 7.11 Å². The molecule has 1 aromatic carbocycles. The van der Waals surface area contributed by atoms with E-state index in [4.69, 9.17) is 9.47 Å². The first-order valence-corrected chi connectivity index (χ1v) is 8.02. The van der Waals surface area contributed by atoms with E-state index in [2.05, 4.69) is 4.74 Å². The third-order valence-electron chi connectivity index (χ3n) is 4.05. The molecule has 0 spiro atoms. The molecule has 1 aliphatic rings. The van der Waals surface area contributed by atoms with E-state index in [0.29, 0.717) is 6.42 Å². The number of benzene rings is 1. The normalized spacial score (nSPS) is 25.5. The van der Waals surface area contributed by atoms with E-state index in [-0.39, 0.29) is 25.5 Å². The number of ether oxygens (including phenoxy) is 3. The van der Waals surface area contributed by atoms with E-state index in [9.17, 15) is 15.1 Å². The van der Waals surface area contributed by atoms with Crippen LogP contribution in [0, 0.1) is 0 Å². The number of hydrogen-bond donors (Lipinski definition) is 2. The Bertz CT molecular complexity index is 511. The smallest absolute Gasteiger partial charge is 0.305 e. The lowest BCUT2D eigenvalue weighted by molar-refractivity contribution is -0.280. The van der Waals surface area contributed by atoms with Crippen molar-refractivity contribution in [2.45, 2.75) is 50.8 Å². The van der Waals surface area contributed by atoms with Crippen LogP contribution in [-0.2, 0) is 25.5 Å². The Morgan fingerprint density at radius 1 is 1.42 bits per heavy atom. The van der Waals surface area contributed by atoms with Gasteiger partial charge in [0.2, 0.25) is 0 Å². The Balaban J connectivity index is 2.09. The Morgan fingerprint density at radius 3 is 2.79 bits per heavy atom. The van der Waals surface area contributed by atoms with Crippen LogP contribution in [0.5, 0.6) is 0 Å². The van der Waals surface area contributed by atoms with Gasteiger partial charge in [0, 0.05) is 13.0 Å². The number of aliphatic hydroxyl groups is 1. The summed E-state index contributed by atoms with van der Waals surface area (Å²) < 4.78 is 15.6. The van der Waals surface area contributed by atoms with Crippen LogP contribution in [0.4, 0.5) is 0 Å². The Hall–Kier alpha value is -1.51. The molecule has 2 N–H and O–H groups in total. The molecule has 0 aromatic heterocycles. The molecule has 7 nitrogen and oxygen atoms in total. The van der Waals surface area contributed by atoms with Crippen LogP contribution in [0.15, 0.2) is 30.3 Å². The van der Waals surface area contributed by atoms with Gasteiger partial charge in [0.1, 0.15) is 12.2 Å². The van der Waals surface area contributed by atoms with E-state index in [1.54, 1.807) is 6.92 Å². The summed E-state index contributed by atoms with van der Waals surface area (Å²) >= 11 is 0. The lowest BCUT2D eigenvalue weighted by Crippen LogP contribution is -2.54. The topological polar surface area (TPSA) is 88.5 Å². The molecule has 0 bridgehead atoms. The fourth-order valence-electron chi connectivity index (χ4n) is 2.77. The second-order valence-corrected chi connectivity index (χ2v) is 5.83. The minimum absolute atomic E-state index is 0.120. The maximum absolute atomic E-state index is 11.5. The number of aliphatic hydroxyl groups excluding tert-OH is 1. The number of nitrogens with zero attached hydrogens (tertiary/aromatic N) is 1.